The Kier molecular flexibility index (Phi) is 4.53. The van der Waals surface area contributed by atoms with Crippen LogP contribution in [0.25, 0.3) is 0 Å². The molecule has 0 N–H and O–H groups in total. The van der Waals surface area contributed by atoms with E-state index in [-0.39, 0.29) is 5.25 Å². The van der Waals surface area contributed by atoms with Crippen LogP contribution in [0.1, 0.15) is 72.2 Å². The van der Waals surface area contributed by atoms with E-state index in [0.717, 1.165) is 30.2 Å². The maximum absolute atomic E-state index is 9.42. The minimum atomic E-state index is -0.230. The number of likely N-dealkylation sites (tertiary alicyclic amines) is 1. The smallest absolute Gasteiger partial charge is 0.150 e. The first kappa shape index (κ1) is 16.6. The van der Waals surface area contributed by atoms with Gasteiger partial charge in [-0.15, -0.1) is 10.2 Å². The molecule has 5 nitrogen and oxygen atoms in total. The monoisotopic (exact) mass is 353 g/mol. The highest BCUT2D eigenvalue weighted by Crippen LogP contribution is 2.43. The number of piperidine rings is 1. The summed E-state index contributed by atoms with van der Waals surface area (Å²) < 4.78 is 2.32. The van der Waals surface area contributed by atoms with E-state index < -0.39 is 0 Å². The van der Waals surface area contributed by atoms with Crippen molar-refractivity contribution in [2.45, 2.75) is 49.4 Å². The van der Waals surface area contributed by atoms with E-state index in [1.807, 2.05) is 24.3 Å². The van der Waals surface area contributed by atoms with Gasteiger partial charge in [-0.3, -0.25) is 4.90 Å². The fourth-order valence-electron chi connectivity index (χ4n) is 3.81. The third-order valence-corrected chi connectivity index (χ3v) is 5.86. The maximum atomic E-state index is 9.42. The second kappa shape index (κ2) is 6.81. The minimum Gasteiger partial charge on any atom is -0.309 e. The molecule has 1 aromatic carbocycles. The molecule has 2 fully saturated rings. The van der Waals surface area contributed by atoms with Crippen molar-refractivity contribution in [3.8, 4) is 6.07 Å². The average molecular weight is 353 g/mol. The van der Waals surface area contributed by atoms with E-state index in [1.54, 1.807) is 0 Å². The van der Waals surface area contributed by atoms with Crippen LogP contribution in [0, 0.1) is 11.3 Å². The van der Waals surface area contributed by atoms with Crippen molar-refractivity contribution in [2.75, 3.05) is 13.6 Å². The van der Waals surface area contributed by atoms with Crippen molar-refractivity contribution in [1.82, 2.24) is 19.7 Å². The zero-order valence-electron chi connectivity index (χ0n) is 14.5. The molecule has 1 saturated carbocycles. The molecule has 1 aliphatic heterocycles. The van der Waals surface area contributed by atoms with Gasteiger partial charge in [-0.25, -0.2) is 0 Å². The topological polar surface area (TPSA) is 57.7 Å². The predicted octanol–water partition coefficient (Wildman–Crippen LogP) is 3.66. The van der Waals surface area contributed by atoms with Crippen LogP contribution < -0.4 is 0 Å². The number of hydrogen-bond acceptors (Lipinski definition) is 5. The number of nitriles is 1. The lowest BCUT2D eigenvalue weighted by Crippen LogP contribution is -2.31. The number of hydrogen-bond donors (Lipinski definition) is 1. The van der Waals surface area contributed by atoms with E-state index in [2.05, 4.69) is 32.8 Å². The Balaban J connectivity index is 1.74. The molecule has 0 bridgehead atoms. The van der Waals surface area contributed by atoms with Gasteiger partial charge in [0.15, 0.2) is 11.6 Å². The highest BCUT2D eigenvalue weighted by atomic mass is 32.1. The summed E-state index contributed by atoms with van der Waals surface area (Å²) in [6.07, 6.45) is 5.97. The van der Waals surface area contributed by atoms with Gasteiger partial charge in [0.1, 0.15) is 0 Å². The van der Waals surface area contributed by atoms with Crippen LogP contribution >= 0.6 is 12.6 Å². The summed E-state index contributed by atoms with van der Waals surface area (Å²) in [7, 11) is 2.18. The Morgan fingerprint density at radius 2 is 2.00 bits per heavy atom. The third-order valence-electron chi connectivity index (χ3n) is 5.35. The van der Waals surface area contributed by atoms with Crippen molar-refractivity contribution in [2.24, 2.45) is 0 Å². The van der Waals surface area contributed by atoms with Gasteiger partial charge in [0.2, 0.25) is 0 Å². The van der Waals surface area contributed by atoms with Crippen LogP contribution in [0.15, 0.2) is 24.3 Å². The number of aromatic nitrogens is 3. The molecule has 0 amide bonds. The molecule has 0 spiro atoms. The summed E-state index contributed by atoms with van der Waals surface area (Å²) in [5.41, 5.74) is 1.57. The Labute approximate surface area is 154 Å². The van der Waals surface area contributed by atoms with Crippen LogP contribution in [-0.4, -0.2) is 33.3 Å². The molecular formula is C19H23N5S. The van der Waals surface area contributed by atoms with Crippen molar-refractivity contribution in [3.63, 3.8) is 0 Å². The van der Waals surface area contributed by atoms with Crippen molar-refractivity contribution < 1.29 is 0 Å². The van der Waals surface area contributed by atoms with Gasteiger partial charge in [-0.1, -0.05) is 24.6 Å². The average Bonchev–Trinajstić information content (AvgIpc) is 3.40. The zero-order chi connectivity index (χ0) is 17.4. The first-order chi connectivity index (χ1) is 12.2. The lowest BCUT2D eigenvalue weighted by molar-refractivity contribution is 0.175. The van der Waals surface area contributed by atoms with Crippen LogP contribution in [-0.2, 0) is 0 Å². The number of benzene rings is 1. The molecule has 130 valence electrons. The van der Waals surface area contributed by atoms with Crippen molar-refractivity contribution in [3.05, 3.63) is 47.0 Å². The fraction of sp³-hybridized carbons (Fsp3) is 0.526. The highest BCUT2D eigenvalue weighted by Gasteiger charge is 2.36. The van der Waals surface area contributed by atoms with Crippen LogP contribution in [0.2, 0.25) is 0 Å². The Morgan fingerprint density at radius 1 is 1.20 bits per heavy atom. The van der Waals surface area contributed by atoms with E-state index in [0.29, 0.717) is 17.6 Å². The van der Waals surface area contributed by atoms with Crippen LogP contribution in [0.4, 0.5) is 0 Å². The Hall–Kier alpha value is -1.84. The van der Waals surface area contributed by atoms with Gasteiger partial charge in [0.25, 0.3) is 0 Å². The fourth-order valence-corrected chi connectivity index (χ4v) is 4.22. The van der Waals surface area contributed by atoms with Gasteiger partial charge < -0.3 is 4.57 Å². The lowest BCUT2D eigenvalue weighted by atomic mass is 10.0. The Bertz CT molecular complexity index is 804. The van der Waals surface area contributed by atoms with Gasteiger partial charge in [-0.2, -0.15) is 17.9 Å². The molecule has 1 aromatic heterocycles. The zero-order valence-corrected chi connectivity index (χ0v) is 15.4. The summed E-state index contributed by atoms with van der Waals surface area (Å²) in [6.45, 7) is 1.11. The second-order valence-corrected chi connectivity index (χ2v) is 7.63. The standard InChI is InChI=1S/C19H23N5S/c1-23-11-5-4-8-16(23)18-21-22-19(24(18)14-9-10-14)17(25)15-7-3-2-6-13(15)12-20/h2-3,6-7,14,16-17,25H,4-5,8-11H2,1H3. The molecule has 2 aliphatic rings. The van der Waals surface area contributed by atoms with Gasteiger partial charge in [0, 0.05) is 6.04 Å². The minimum absolute atomic E-state index is 0.230. The first-order valence-corrected chi connectivity index (χ1v) is 9.54. The number of nitrogens with zero attached hydrogens (tertiary/aromatic N) is 5. The largest absolute Gasteiger partial charge is 0.309 e. The van der Waals surface area contributed by atoms with Crippen LogP contribution in [0.3, 0.4) is 0 Å². The SMILES string of the molecule is CN1CCCCC1c1nnc(C(S)c2ccccc2C#N)n1C1CC1. The van der Waals surface area contributed by atoms with E-state index in [4.69, 9.17) is 12.6 Å². The summed E-state index contributed by atoms with van der Waals surface area (Å²) in [5.74, 6) is 1.95. The molecule has 0 radical (unpaired) electrons. The molecule has 4 rings (SSSR count). The normalized spacial score (nSPS) is 22.5. The van der Waals surface area contributed by atoms with Gasteiger partial charge in [0.05, 0.1) is 22.9 Å². The van der Waals surface area contributed by atoms with E-state index in [9.17, 15) is 5.26 Å². The number of rotatable bonds is 4. The molecule has 2 atom stereocenters. The summed E-state index contributed by atoms with van der Waals surface area (Å²) in [6, 6.07) is 10.7. The molecule has 25 heavy (non-hydrogen) atoms. The predicted molar refractivity (Wildman–Crippen MR) is 99.5 cm³/mol. The summed E-state index contributed by atoms with van der Waals surface area (Å²) >= 11 is 4.84. The molecule has 2 aromatic rings. The van der Waals surface area contributed by atoms with Crippen LogP contribution in [0.5, 0.6) is 0 Å². The van der Waals surface area contributed by atoms with Gasteiger partial charge in [-0.05, 0) is 50.9 Å². The third kappa shape index (κ3) is 3.07. The molecule has 2 unspecified atom stereocenters. The number of thiol groups is 1. The first-order valence-electron chi connectivity index (χ1n) is 9.02. The summed E-state index contributed by atoms with van der Waals surface area (Å²) in [5, 5.41) is 18.3. The van der Waals surface area contributed by atoms with E-state index in [1.165, 1.54) is 25.7 Å². The lowest BCUT2D eigenvalue weighted by Gasteiger charge is -2.32. The van der Waals surface area contributed by atoms with Gasteiger partial charge >= 0.3 is 0 Å². The molecule has 1 aliphatic carbocycles. The van der Waals surface area contributed by atoms with E-state index >= 15 is 0 Å². The highest BCUT2D eigenvalue weighted by molar-refractivity contribution is 7.80. The quantitative estimate of drug-likeness (QED) is 0.852. The Morgan fingerprint density at radius 3 is 2.72 bits per heavy atom. The molecule has 6 heteroatoms. The molecule has 2 heterocycles. The molecular weight excluding hydrogens is 330 g/mol. The second-order valence-electron chi connectivity index (χ2n) is 7.11. The van der Waals surface area contributed by atoms with Crippen molar-refractivity contribution >= 4 is 12.6 Å². The summed E-state index contributed by atoms with van der Waals surface area (Å²) in [4.78, 5) is 2.40. The maximum Gasteiger partial charge on any atom is 0.150 e. The molecule has 1 saturated heterocycles. The van der Waals surface area contributed by atoms with Crippen molar-refractivity contribution in [1.29, 1.82) is 5.26 Å².